The second kappa shape index (κ2) is 11.2. The smallest absolute Gasteiger partial charge is 0.274 e. The first-order valence-electron chi connectivity index (χ1n) is 11.7. The average Bonchev–Trinajstić information content (AvgIpc) is 2.90. The first kappa shape index (κ1) is 25.2. The van der Waals surface area contributed by atoms with Gasteiger partial charge in [-0.1, -0.05) is 42.5 Å². The summed E-state index contributed by atoms with van der Waals surface area (Å²) in [5, 5.41) is 23.7. The number of nitrogens with zero attached hydrogens (tertiary/aromatic N) is 4. The van der Waals surface area contributed by atoms with Gasteiger partial charge in [-0.05, 0) is 18.7 Å². The Bertz CT molecular complexity index is 1200. The molecule has 3 aromatic rings. The minimum atomic E-state index is -0.668. The molecule has 1 atom stereocenters. The normalized spacial score (nSPS) is 15.3. The van der Waals surface area contributed by atoms with Crippen LogP contribution in [0.1, 0.15) is 33.5 Å². The lowest BCUT2D eigenvalue weighted by atomic mass is 10.0. The third kappa shape index (κ3) is 5.34. The predicted molar refractivity (Wildman–Crippen MR) is 133 cm³/mol. The van der Waals surface area contributed by atoms with Crippen LogP contribution in [0.15, 0.2) is 48.5 Å². The van der Waals surface area contributed by atoms with Gasteiger partial charge in [-0.25, -0.2) is 4.98 Å². The Morgan fingerprint density at radius 3 is 2.39 bits per heavy atom. The molecule has 1 aliphatic rings. The Morgan fingerprint density at radius 1 is 1.00 bits per heavy atom. The second-order valence-electron chi connectivity index (χ2n) is 8.59. The Balaban J connectivity index is 1.65. The van der Waals surface area contributed by atoms with E-state index in [2.05, 4.69) is 32.1 Å². The number of aromatic nitrogens is 2. The molecule has 0 aliphatic carbocycles. The monoisotopic (exact) mass is 493 g/mol. The molecular formula is C26H31N5O5. The van der Waals surface area contributed by atoms with Crippen LogP contribution in [0, 0.1) is 0 Å². The molecule has 0 bridgehead atoms. The molecule has 0 spiro atoms. The first-order valence-corrected chi connectivity index (χ1v) is 11.7. The number of carbonyl (C=O) groups is 1. The molecule has 2 aromatic carbocycles. The van der Waals surface area contributed by atoms with E-state index in [4.69, 9.17) is 9.47 Å². The third-order valence-electron chi connectivity index (χ3n) is 6.28. The van der Waals surface area contributed by atoms with Gasteiger partial charge < -0.3 is 29.9 Å². The lowest BCUT2D eigenvalue weighted by Gasteiger charge is -2.37. The molecule has 2 heterocycles. The van der Waals surface area contributed by atoms with Gasteiger partial charge in [-0.2, -0.15) is 4.98 Å². The number of nitrogens with one attached hydrogen (secondary N) is 1. The van der Waals surface area contributed by atoms with E-state index < -0.39 is 23.6 Å². The van der Waals surface area contributed by atoms with Gasteiger partial charge in [-0.3, -0.25) is 9.69 Å². The molecule has 4 rings (SSSR count). The fourth-order valence-electron chi connectivity index (χ4n) is 4.33. The van der Waals surface area contributed by atoms with E-state index in [1.54, 1.807) is 18.2 Å². The Morgan fingerprint density at radius 2 is 1.72 bits per heavy atom. The molecule has 0 radical (unpaired) electrons. The summed E-state index contributed by atoms with van der Waals surface area (Å²) < 4.78 is 10.7. The van der Waals surface area contributed by atoms with E-state index >= 15 is 0 Å². The van der Waals surface area contributed by atoms with E-state index in [1.807, 2.05) is 30.3 Å². The van der Waals surface area contributed by atoms with Gasteiger partial charge in [0, 0.05) is 38.3 Å². The van der Waals surface area contributed by atoms with Crippen molar-refractivity contribution in [2.24, 2.45) is 0 Å². The van der Waals surface area contributed by atoms with Crippen molar-refractivity contribution in [1.82, 2.24) is 25.1 Å². The number of benzene rings is 2. The number of aromatic hydroxyl groups is 2. The van der Waals surface area contributed by atoms with Crippen molar-refractivity contribution in [3.63, 3.8) is 0 Å². The first-order chi connectivity index (χ1) is 17.4. The van der Waals surface area contributed by atoms with Crippen molar-refractivity contribution in [3.05, 3.63) is 71.2 Å². The van der Waals surface area contributed by atoms with E-state index in [0.717, 1.165) is 31.7 Å². The quantitative estimate of drug-likeness (QED) is 0.434. The van der Waals surface area contributed by atoms with E-state index in [9.17, 15) is 15.0 Å². The summed E-state index contributed by atoms with van der Waals surface area (Å²) in [6.45, 7) is 3.35. The van der Waals surface area contributed by atoms with E-state index in [-0.39, 0.29) is 18.1 Å². The van der Waals surface area contributed by atoms with E-state index in [0.29, 0.717) is 17.1 Å². The van der Waals surface area contributed by atoms with Gasteiger partial charge in [0.1, 0.15) is 0 Å². The summed E-state index contributed by atoms with van der Waals surface area (Å²) in [6.07, 6.45) is 0. The Kier molecular flexibility index (Phi) is 7.87. The van der Waals surface area contributed by atoms with Crippen LogP contribution < -0.4 is 14.8 Å². The van der Waals surface area contributed by atoms with E-state index in [1.165, 1.54) is 14.2 Å². The zero-order valence-electron chi connectivity index (χ0n) is 20.6. The summed E-state index contributed by atoms with van der Waals surface area (Å²) in [4.78, 5) is 26.2. The lowest BCUT2D eigenvalue weighted by Crippen LogP contribution is -2.46. The van der Waals surface area contributed by atoms with Crippen molar-refractivity contribution in [2.75, 3.05) is 47.4 Å². The van der Waals surface area contributed by atoms with Crippen LogP contribution in [0.4, 0.5) is 0 Å². The number of ether oxygens (including phenoxy) is 2. The van der Waals surface area contributed by atoms with Crippen molar-refractivity contribution < 1.29 is 24.5 Å². The molecule has 36 heavy (non-hydrogen) atoms. The Hall–Kier alpha value is -3.89. The van der Waals surface area contributed by atoms with Crippen molar-refractivity contribution >= 4 is 5.91 Å². The Labute approximate surface area is 210 Å². The van der Waals surface area contributed by atoms with Crippen molar-refractivity contribution in [3.8, 4) is 23.1 Å². The van der Waals surface area contributed by atoms with Crippen LogP contribution in [0.3, 0.4) is 0 Å². The maximum absolute atomic E-state index is 13.1. The van der Waals surface area contributed by atoms with Gasteiger partial charge in [0.25, 0.3) is 11.8 Å². The van der Waals surface area contributed by atoms with Crippen molar-refractivity contribution in [2.45, 2.75) is 12.6 Å². The zero-order chi connectivity index (χ0) is 25.7. The molecular weight excluding hydrogens is 462 g/mol. The molecule has 10 nitrogen and oxygen atoms in total. The predicted octanol–water partition coefficient (Wildman–Crippen LogP) is 2.17. The maximum atomic E-state index is 13.1. The molecule has 1 saturated heterocycles. The topological polar surface area (TPSA) is 120 Å². The molecule has 1 aromatic heterocycles. The number of likely N-dealkylation sites (N-methyl/N-ethyl adjacent to an activating group) is 1. The standard InChI is InChI=1S/C26H31N5O5/c1-30-12-14-31(15-13-30)21(17-8-5-4-6-9-17)24-28-20(22(32)26(34)29-24)25(33)27-16-18-10-7-11-19(35-2)23(18)36-3/h4-11,21,32H,12-16H2,1-3H3,(H,27,33)(H,28,29,34). The summed E-state index contributed by atoms with van der Waals surface area (Å²) in [7, 11) is 5.12. The molecule has 10 heteroatoms. The number of hydrogen-bond acceptors (Lipinski definition) is 9. The van der Waals surface area contributed by atoms with Crippen LogP contribution in [0.5, 0.6) is 23.1 Å². The summed E-state index contributed by atoms with van der Waals surface area (Å²) in [5.74, 6) is -0.688. The summed E-state index contributed by atoms with van der Waals surface area (Å²) >= 11 is 0. The summed E-state index contributed by atoms with van der Waals surface area (Å²) in [6, 6.07) is 14.6. The second-order valence-corrected chi connectivity index (χ2v) is 8.59. The number of carbonyl (C=O) groups excluding carboxylic acids is 1. The highest BCUT2D eigenvalue weighted by Crippen LogP contribution is 2.33. The van der Waals surface area contributed by atoms with Gasteiger partial charge >= 0.3 is 0 Å². The molecule has 0 saturated carbocycles. The maximum Gasteiger partial charge on any atom is 0.274 e. The van der Waals surface area contributed by atoms with Crippen LogP contribution in [-0.4, -0.2) is 83.3 Å². The lowest BCUT2D eigenvalue weighted by molar-refractivity contribution is 0.0938. The van der Waals surface area contributed by atoms with Gasteiger partial charge in [0.05, 0.1) is 20.3 Å². The fraction of sp³-hybridized carbons (Fsp3) is 0.346. The minimum absolute atomic E-state index is 0.0965. The molecule has 1 amide bonds. The highest BCUT2D eigenvalue weighted by molar-refractivity contribution is 5.95. The molecule has 1 fully saturated rings. The number of piperazine rings is 1. The molecule has 1 unspecified atom stereocenters. The highest BCUT2D eigenvalue weighted by atomic mass is 16.5. The minimum Gasteiger partial charge on any atom is -0.501 e. The SMILES string of the molecule is COc1cccc(CNC(=O)c2nc(C(c3ccccc3)N3CCN(C)CC3)nc(O)c2O)c1OC. The van der Waals surface area contributed by atoms with Gasteiger partial charge in [0.15, 0.2) is 23.0 Å². The summed E-state index contributed by atoms with van der Waals surface area (Å²) in [5.41, 5.74) is 1.32. The van der Waals surface area contributed by atoms with Crippen LogP contribution in [0.2, 0.25) is 0 Å². The zero-order valence-corrected chi connectivity index (χ0v) is 20.6. The third-order valence-corrected chi connectivity index (χ3v) is 6.28. The number of rotatable bonds is 8. The van der Waals surface area contributed by atoms with Crippen molar-refractivity contribution in [1.29, 1.82) is 0 Å². The molecule has 190 valence electrons. The fourth-order valence-corrected chi connectivity index (χ4v) is 4.33. The van der Waals surface area contributed by atoms with Crippen LogP contribution in [0.25, 0.3) is 0 Å². The van der Waals surface area contributed by atoms with Gasteiger partial charge in [0.2, 0.25) is 5.75 Å². The van der Waals surface area contributed by atoms with Crippen LogP contribution in [-0.2, 0) is 6.54 Å². The number of methoxy groups -OCH3 is 2. The van der Waals surface area contributed by atoms with Gasteiger partial charge in [-0.15, -0.1) is 0 Å². The number of hydrogen-bond donors (Lipinski definition) is 3. The molecule has 1 aliphatic heterocycles. The molecule has 3 N–H and O–H groups in total. The highest BCUT2D eigenvalue weighted by Gasteiger charge is 2.30. The average molecular weight is 494 g/mol. The number of para-hydroxylation sites is 1. The largest absolute Gasteiger partial charge is 0.501 e. The number of amides is 1. The van der Waals surface area contributed by atoms with Crippen LogP contribution >= 0.6 is 0 Å².